The number of rotatable bonds is 8. The van der Waals surface area contributed by atoms with E-state index in [-0.39, 0.29) is 0 Å². The summed E-state index contributed by atoms with van der Waals surface area (Å²) in [4.78, 5) is 0. The van der Waals surface area contributed by atoms with Crippen LogP contribution in [0.25, 0.3) is 0 Å². The zero-order chi connectivity index (χ0) is 15.6. The van der Waals surface area contributed by atoms with Crippen molar-refractivity contribution in [2.45, 2.75) is 97.0 Å². The van der Waals surface area contributed by atoms with Gasteiger partial charge in [0.25, 0.3) is 0 Å². The Hall–Kier alpha value is -0.300. The van der Waals surface area contributed by atoms with Crippen LogP contribution in [0.1, 0.15) is 90.9 Å². The fraction of sp³-hybridized carbons (Fsp3) is 0.905. The van der Waals surface area contributed by atoms with E-state index in [0.29, 0.717) is 6.10 Å². The first-order chi connectivity index (χ1) is 10.8. The first-order valence-corrected chi connectivity index (χ1v) is 10.0. The van der Waals surface area contributed by atoms with E-state index in [1.165, 1.54) is 77.0 Å². The van der Waals surface area contributed by atoms with Crippen LogP contribution in [0.4, 0.5) is 0 Å². The topological polar surface area (TPSA) is 9.23 Å². The second-order valence-electron chi connectivity index (χ2n) is 7.71. The Morgan fingerprint density at radius 3 is 1.77 bits per heavy atom. The van der Waals surface area contributed by atoms with Gasteiger partial charge in [0.05, 0.1) is 6.10 Å². The zero-order valence-corrected chi connectivity index (χ0v) is 15.1. The van der Waals surface area contributed by atoms with E-state index in [2.05, 4.69) is 26.0 Å². The predicted octanol–water partition coefficient (Wildman–Crippen LogP) is 6.52. The van der Waals surface area contributed by atoms with Gasteiger partial charge < -0.3 is 4.74 Å². The van der Waals surface area contributed by atoms with Gasteiger partial charge in [-0.05, 0) is 70.1 Å². The molecule has 2 aliphatic carbocycles. The van der Waals surface area contributed by atoms with Crippen molar-refractivity contribution in [2.75, 3.05) is 6.61 Å². The lowest BCUT2D eigenvalue weighted by Gasteiger charge is -2.32. The molecule has 0 aromatic carbocycles. The minimum atomic E-state index is 0.578. The number of allylic oxidation sites excluding steroid dienone is 2. The van der Waals surface area contributed by atoms with Crippen molar-refractivity contribution >= 4 is 0 Å². The van der Waals surface area contributed by atoms with Crippen LogP contribution in [-0.2, 0) is 4.74 Å². The highest BCUT2D eigenvalue weighted by Crippen LogP contribution is 2.37. The maximum Gasteiger partial charge on any atom is 0.0575 e. The molecule has 0 amide bonds. The Bertz CT molecular complexity index is 293. The fourth-order valence-corrected chi connectivity index (χ4v) is 4.60. The molecule has 0 heterocycles. The molecule has 0 aromatic heterocycles. The van der Waals surface area contributed by atoms with E-state index in [4.69, 9.17) is 4.74 Å². The van der Waals surface area contributed by atoms with Crippen LogP contribution in [0, 0.1) is 17.8 Å². The van der Waals surface area contributed by atoms with Gasteiger partial charge in [0.1, 0.15) is 0 Å². The largest absolute Gasteiger partial charge is 0.379 e. The highest BCUT2D eigenvalue weighted by atomic mass is 16.5. The maximum atomic E-state index is 5.77. The van der Waals surface area contributed by atoms with E-state index in [1.54, 1.807) is 0 Å². The summed E-state index contributed by atoms with van der Waals surface area (Å²) in [5, 5.41) is 0. The van der Waals surface area contributed by atoms with Crippen LogP contribution in [-0.4, -0.2) is 12.7 Å². The normalized spacial score (nSPS) is 33.4. The van der Waals surface area contributed by atoms with Gasteiger partial charge in [-0.3, -0.25) is 0 Å². The van der Waals surface area contributed by atoms with E-state index in [1.807, 2.05) is 0 Å². The van der Waals surface area contributed by atoms with Crippen LogP contribution < -0.4 is 0 Å². The van der Waals surface area contributed by atoms with Crippen LogP contribution in [0.2, 0.25) is 0 Å². The summed E-state index contributed by atoms with van der Waals surface area (Å²) >= 11 is 0. The lowest BCUT2D eigenvalue weighted by atomic mass is 9.76. The average molecular weight is 307 g/mol. The first kappa shape index (κ1) is 18.0. The molecule has 2 saturated carbocycles. The van der Waals surface area contributed by atoms with Crippen LogP contribution >= 0.6 is 0 Å². The highest BCUT2D eigenvalue weighted by Gasteiger charge is 2.24. The van der Waals surface area contributed by atoms with Gasteiger partial charge in [-0.2, -0.15) is 0 Å². The third kappa shape index (κ3) is 6.44. The number of hydrogen-bond donors (Lipinski definition) is 0. The molecular formula is C21H38O. The average Bonchev–Trinajstić information content (AvgIpc) is 2.56. The molecule has 0 atom stereocenters. The van der Waals surface area contributed by atoms with Crippen LogP contribution in [0.5, 0.6) is 0 Å². The lowest BCUT2D eigenvalue weighted by Crippen LogP contribution is -2.22. The minimum absolute atomic E-state index is 0.578. The third-order valence-electron chi connectivity index (χ3n) is 6.12. The number of hydrogen-bond acceptors (Lipinski definition) is 1. The molecule has 0 radical (unpaired) electrons. The van der Waals surface area contributed by atoms with Crippen LogP contribution in [0.3, 0.4) is 0 Å². The van der Waals surface area contributed by atoms with Gasteiger partial charge in [0.2, 0.25) is 0 Å². The van der Waals surface area contributed by atoms with Crippen molar-refractivity contribution in [1.82, 2.24) is 0 Å². The van der Waals surface area contributed by atoms with Crippen LogP contribution in [0.15, 0.2) is 12.2 Å². The molecule has 0 spiro atoms. The molecule has 1 heteroatoms. The van der Waals surface area contributed by atoms with Gasteiger partial charge in [-0.1, -0.05) is 50.7 Å². The Balaban J connectivity index is 1.54. The quantitative estimate of drug-likeness (QED) is 0.463. The molecule has 0 aliphatic heterocycles. The molecule has 0 bridgehead atoms. The second-order valence-corrected chi connectivity index (χ2v) is 7.71. The molecule has 0 unspecified atom stereocenters. The number of ether oxygens (including phenoxy) is 1. The SMILES string of the molecule is C/C=C/CC[C@H]1CC[C@H](CC[C@H]2CC[C@H](OCC)CC2)CC1. The van der Waals surface area contributed by atoms with Gasteiger partial charge in [-0.15, -0.1) is 0 Å². The summed E-state index contributed by atoms with van der Waals surface area (Å²) < 4.78 is 5.77. The van der Waals surface area contributed by atoms with E-state index in [9.17, 15) is 0 Å². The predicted molar refractivity (Wildman–Crippen MR) is 96.1 cm³/mol. The molecule has 2 aliphatic rings. The second kappa shape index (κ2) is 10.5. The van der Waals surface area contributed by atoms with E-state index >= 15 is 0 Å². The minimum Gasteiger partial charge on any atom is -0.379 e. The summed E-state index contributed by atoms with van der Waals surface area (Å²) in [5.41, 5.74) is 0. The summed E-state index contributed by atoms with van der Waals surface area (Å²) in [7, 11) is 0. The smallest absolute Gasteiger partial charge is 0.0575 e. The Morgan fingerprint density at radius 2 is 1.27 bits per heavy atom. The van der Waals surface area contributed by atoms with Crippen molar-refractivity contribution in [2.24, 2.45) is 17.8 Å². The molecule has 128 valence electrons. The van der Waals surface area contributed by atoms with E-state index in [0.717, 1.165) is 24.4 Å². The molecule has 0 saturated heterocycles. The van der Waals surface area contributed by atoms with E-state index < -0.39 is 0 Å². The summed E-state index contributed by atoms with van der Waals surface area (Å²) in [5.74, 6) is 3.07. The molecule has 1 nitrogen and oxygen atoms in total. The monoisotopic (exact) mass is 306 g/mol. The van der Waals surface area contributed by atoms with Crippen molar-refractivity contribution in [3.8, 4) is 0 Å². The molecule has 0 N–H and O–H groups in total. The maximum absolute atomic E-state index is 5.77. The van der Waals surface area contributed by atoms with Crippen molar-refractivity contribution < 1.29 is 4.74 Å². The van der Waals surface area contributed by atoms with Crippen molar-refractivity contribution in [3.63, 3.8) is 0 Å². The lowest BCUT2D eigenvalue weighted by molar-refractivity contribution is 0.0238. The van der Waals surface area contributed by atoms with Gasteiger partial charge >= 0.3 is 0 Å². The molecule has 22 heavy (non-hydrogen) atoms. The zero-order valence-electron chi connectivity index (χ0n) is 15.1. The Kier molecular flexibility index (Phi) is 8.59. The molecular weight excluding hydrogens is 268 g/mol. The highest BCUT2D eigenvalue weighted by molar-refractivity contribution is 4.81. The van der Waals surface area contributed by atoms with Crippen molar-refractivity contribution in [1.29, 1.82) is 0 Å². The fourth-order valence-electron chi connectivity index (χ4n) is 4.60. The first-order valence-electron chi connectivity index (χ1n) is 10.0. The Labute approximate surface area is 138 Å². The van der Waals surface area contributed by atoms with Gasteiger partial charge in [0.15, 0.2) is 0 Å². The summed E-state index contributed by atoms with van der Waals surface area (Å²) in [6.07, 6.45) is 22.3. The van der Waals surface area contributed by atoms with Gasteiger partial charge in [-0.25, -0.2) is 0 Å². The molecule has 2 fully saturated rings. The third-order valence-corrected chi connectivity index (χ3v) is 6.12. The van der Waals surface area contributed by atoms with Gasteiger partial charge in [0, 0.05) is 6.61 Å². The summed E-state index contributed by atoms with van der Waals surface area (Å²) in [6.45, 7) is 5.16. The molecule has 2 rings (SSSR count). The summed E-state index contributed by atoms with van der Waals surface area (Å²) in [6, 6.07) is 0. The standard InChI is InChI=1S/C21H38O/c1-3-5-6-7-18-8-10-19(11-9-18)12-13-20-14-16-21(17-15-20)22-4-2/h3,5,18-21H,4,6-17H2,1-2H3/b5-3+/t18-,19-,20-,21-. The van der Waals surface area contributed by atoms with Crippen molar-refractivity contribution in [3.05, 3.63) is 12.2 Å². The Morgan fingerprint density at radius 1 is 0.773 bits per heavy atom. The molecule has 0 aromatic rings.